The molecule has 0 aromatic carbocycles. The fourth-order valence-electron chi connectivity index (χ4n) is 1.17. The van der Waals surface area contributed by atoms with Crippen LogP contribution in [0.25, 0.3) is 0 Å². The number of ether oxygens (including phenoxy) is 1. The van der Waals surface area contributed by atoms with Crippen LogP contribution in [0.15, 0.2) is 30.7 Å². The minimum absolute atomic E-state index is 0.726. The molecule has 1 aromatic heterocycles. The predicted molar refractivity (Wildman–Crippen MR) is 42.3 cm³/mol. The van der Waals surface area contributed by atoms with E-state index in [0.717, 1.165) is 24.5 Å². The largest absolute Gasteiger partial charge is 0.444 e. The van der Waals surface area contributed by atoms with E-state index in [2.05, 4.69) is 11.6 Å². The molecule has 0 spiro atoms. The fourth-order valence-corrected chi connectivity index (χ4v) is 1.17. The van der Waals surface area contributed by atoms with Crippen molar-refractivity contribution >= 4 is 0 Å². The van der Waals surface area contributed by atoms with Crippen molar-refractivity contribution in [1.82, 2.24) is 4.98 Å². The molecule has 2 heteroatoms. The van der Waals surface area contributed by atoms with E-state index in [4.69, 9.17) is 4.74 Å². The number of hydrogen-bond acceptors (Lipinski definition) is 2. The van der Waals surface area contributed by atoms with E-state index >= 15 is 0 Å². The third-order valence-corrected chi connectivity index (χ3v) is 1.76. The van der Waals surface area contributed by atoms with Crippen molar-refractivity contribution in [3.05, 3.63) is 36.2 Å². The summed E-state index contributed by atoms with van der Waals surface area (Å²) >= 11 is 0. The summed E-state index contributed by atoms with van der Waals surface area (Å²) in [6.45, 7) is 3.75. The summed E-state index contributed by atoms with van der Waals surface area (Å²) in [5, 5.41) is 0. The Morgan fingerprint density at radius 3 is 3.27 bits per heavy atom. The standard InChI is InChI=1S/C9H9NO/c1-7-4-5-8-3-2-6-10-9(8)11-7/h2-3,6H,1,4-5H2. The molecule has 0 radical (unpaired) electrons. The minimum atomic E-state index is 0.726. The van der Waals surface area contributed by atoms with Crippen LogP contribution >= 0.6 is 0 Å². The lowest BCUT2D eigenvalue weighted by Gasteiger charge is -2.16. The molecule has 0 saturated carbocycles. The highest BCUT2D eigenvalue weighted by Crippen LogP contribution is 2.25. The van der Waals surface area contributed by atoms with Gasteiger partial charge in [0.15, 0.2) is 0 Å². The molecule has 2 heterocycles. The van der Waals surface area contributed by atoms with Crippen molar-refractivity contribution in [1.29, 1.82) is 0 Å². The van der Waals surface area contributed by atoms with Crippen LogP contribution in [0.2, 0.25) is 0 Å². The van der Waals surface area contributed by atoms with Gasteiger partial charge in [-0.05, 0) is 12.5 Å². The molecule has 1 aromatic rings. The molecule has 56 valence electrons. The minimum Gasteiger partial charge on any atom is -0.444 e. The van der Waals surface area contributed by atoms with Crippen LogP contribution in [0.3, 0.4) is 0 Å². The van der Waals surface area contributed by atoms with E-state index in [1.807, 2.05) is 12.1 Å². The topological polar surface area (TPSA) is 22.1 Å². The van der Waals surface area contributed by atoms with Gasteiger partial charge in [0.05, 0.1) is 5.76 Å². The van der Waals surface area contributed by atoms with Crippen molar-refractivity contribution in [3.8, 4) is 5.88 Å². The lowest BCUT2D eigenvalue weighted by molar-refractivity contribution is 0.365. The molecule has 0 bridgehead atoms. The SMILES string of the molecule is C=C1CCc2cccnc2O1. The van der Waals surface area contributed by atoms with Gasteiger partial charge < -0.3 is 4.74 Å². The van der Waals surface area contributed by atoms with Gasteiger partial charge in [0.2, 0.25) is 5.88 Å². The molecule has 0 fully saturated rings. The van der Waals surface area contributed by atoms with Gasteiger partial charge in [-0.2, -0.15) is 0 Å². The number of fused-ring (bicyclic) bond motifs is 1. The predicted octanol–water partition coefficient (Wildman–Crippen LogP) is 1.92. The lowest BCUT2D eigenvalue weighted by atomic mass is 10.1. The molecule has 2 nitrogen and oxygen atoms in total. The summed E-state index contributed by atoms with van der Waals surface area (Å²) in [4.78, 5) is 4.09. The Balaban J connectivity index is 2.41. The van der Waals surface area contributed by atoms with E-state index < -0.39 is 0 Å². The van der Waals surface area contributed by atoms with Gasteiger partial charge >= 0.3 is 0 Å². The van der Waals surface area contributed by atoms with Gasteiger partial charge in [-0.15, -0.1) is 0 Å². The third-order valence-electron chi connectivity index (χ3n) is 1.76. The maximum Gasteiger partial charge on any atom is 0.221 e. The molecule has 0 unspecified atom stereocenters. The monoisotopic (exact) mass is 147 g/mol. The smallest absolute Gasteiger partial charge is 0.221 e. The van der Waals surface area contributed by atoms with Crippen LogP contribution < -0.4 is 4.74 Å². The molecule has 2 rings (SSSR count). The number of aromatic nitrogens is 1. The van der Waals surface area contributed by atoms with E-state index in [9.17, 15) is 0 Å². The zero-order valence-electron chi connectivity index (χ0n) is 6.21. The number of nitrogens with zero attached hydrogens (tertiary/aromatic N) is 1. The fraction of sp³-hybridized carbons (Fsp3) is 0.222. The quantitative estimate of drug-likeness (QED) is 0.559. The molecule has 1 aliphatic rings. The highest BCUT2D eigenvalue weighted by Gasteiger charge is 2.12. The Morgan fingerprint density at radius 1 is 1.45 bits per heavy atom. The molecule has 0 N–H and O–H groups in total. The zero-order valence-corrected chi connectivity index (χ0v) is 6.21. The number of allylic oxidation sites excluding steroid dienone is 1. The Bertz CT molecular complexity index is 293. The molecule has 0 aliphatic carbocycles. The zero-order chi connectivity index (χ0) is 7.68. The van der Waals surface area contributed by atoms with Crippen molar-refractivity contribution in [2.24, 2.45) is 0 Å². The maximum absolute atomic E-state index is 5.33. The van der Waals surface area contributed by atoms with Crippen LogP contribution in [0, 0.1) is 0 Å². The summed E-state index contributed by atoms with van der Waals surface area (Å²) in [5.41, 5.74) is 1.18. The molecular formula is C9H9NO. The van der Waals surface area contributed by atoms with E-state index in [0.29, 0.717) is 0 Å². The van der Waals surface area contributed by atoms with Gasteiger partial charge in [-0.25, -0.2) is 4.98 Å². The molecule has 0 atom stereocenters. The first-order chi connectivity index (χ1) is 5.36. The summed E-state index contributed by atoms with van der Waals surface area (Å²) in [6, 6.07) is 3.96. The van der Waals surface area contributed by atoms with Crippen molar-refractivity contribution < 1.29 is 4.74 Å². The number of aryl methyl sites for hydroxylation is 1. The first kappa shape index (κ1) is 6.40. The first-order valence-electron chi connectivity index (χ1n) is 3.66. The molecule has 11 heavy (non-hydrogen) atoms. The third kappa shape index (κ3) is 1.11. The van der Waals surface area contributed by atoms with Crippen molar-refractivity contribution in [2.75, 3.05) is 0 Å². The van der Waals surface area contributed by atoms with Gasteiger partial charge in [0, 0.05) is 18.2 Å². The number of rotatable bonds is 0. The van der Waals surface area contributed by atoms with Gasteiger partial charge in [0.25, 0.3) is 0 Å². The average molecular weight is 147 g/mol. The molecule has 0 amide bonds. The second kappa shape index (κ2) is 2.38. The van der Waals surface area contributed by atoms with E-state index in [-0.39, 0.29) is 0 Å². The number of hydrogen-bond donors (Lipinski definition) is 0. The van der Waals surface area contributed by atoms with E-state index in [1.54, 1.807) is 6.20 Å². The van der Waals surface area contributed by atoms with Crippen LogP contribution in [0.5, 0.6) is 5.88 Å². The van der Waals surface area contributed by atoms with Crippen LogP contribution in [0.4, 0.5) is 0 Å². The second-order valence-corrected chi connectivity index (χ2v) is 2.61. The maximum atomic E-state index is 5.33. The van der Waals surface area contributed by atoms with Crippen molar-refractivity contribution in [3.63, 3.8) is 0 Å². The normalized spacial score (nSPS) is 15.5. The average Bonchev–Trinajstić information content (AvgIpc) is 2.04. The van der Waals surface area contributed by atoms with E-state index in [1.165, 1.54) is 5.56 Å². The van der Waals surface area contributed by atoms with Gasteiger partial charge in [0.1, 0.15) is 0 Å². The lowest BCUT2D eigenvalue weighted by Crippen LogP contribution is -2.06. The van der Waals surface area contributed by atoms with Gasteiger partial charge in [-0.3, -0.25) is 0 Å². The highest BCUT2D eigenvalue weighted by molar-refractivity contribution is 5.30. The molecule has 0 saturated heterocycles. The van der Waals surface area contributed by atoms with Crippen molar-refractivity contribution in [2.45, 2.75) is 12.8 Å². The molecular weight excluding hydrogens is 138 g/mol. The molecule has 1 aliphatic heterocycles. The Labute approximate surface area is 65.5 Å². The Hall–Kier alpha value is -1.31. The van der Waals surface area contributed by atoms with Crippen LogP contribution in [-0.2, 0) is 6.42 Å². The van der Waals surface area contributed by atoms with Gasteiger partial charge in [-0.1, -0.05) is 12.6 Å². The highest BCUT2D eigenvalue weighted by atomic mass is 16.5. The summed E-state index contributed by atoms with van der Waals surface area (Å²) in [7, 11) is 0. The summed E-state index contributed by atoms with van der Waals surface area (Å²) in [6.07, 6.45) is 3.65. The summed E-state index contributed by atoms with van der Waals surface area (Å²) < 4.78 is 5.33. The van der Waals surface area contributed by atoms with Crippen LogP contribution in [0.1, 0.15) is 12.0 Å². The Morgan fingerprint density at radius 2 is 2.36 bits per heavy atom. The van der Waals surface area contributed by atoms with Crippen LogP contribution in [-0.4, -0.2) is 4.98 Å². The number of pyridine rings is 1. The second-order valence-electron chi connectivity index (χ2n) is 2.61. The summed E-state index contributed by atoms with van der Waals surface area (Å²) in [5.74, 6) is 1.54. The first-order valence-corrected chi connectivity index (χ1v) is 3.66. The Kier molecular flexibility index (Phi) is 1.39.